The van der Waals surface area contributed by atoms with Crippen molar-refractivity contribution in [1.82, 2.24) is 5.32 Å². The van der Waals surface area contributed by atoms with E-state index in [-0.39, 0.29) is 0 Å². The highest BCUT2D eigenvalue weighted by Gasteiger charge is 2.27. The Morgan fingerprint density at radius 3 is 1.77 bits per heavy atom. The van der Waals surface area contributed by atoms with Gasteiger partial charge in [0.05, 0.1) is 0 Å². The van der Waals surface area contributed by atoms with Crippen molar-refractivity contribution in [3.8, 4) is 0 Å². The van der Waals surface area contributed by atoms with Crippen molar-refractivity contribution in [2.75, 3.05) is 6.54 Å². The van der Waals surface area contributed by atoms with E-state index in [0.29, 0.717) is 17.4 Å². The molecule has 1 N–H and O–H groups in total. The maximum absolute atomic E-state index is 3.50. The highest BCUT2D eigenvalue weighted by Crippen LogP contribution is 2.33. The second kappa shape index (κ2) is 4.99. The second-order valence-electron chi connectivity index (χ2n) is 5.47. The first-order valence-corrected chi connectivity index (χ1v) is 5.34. The topological polar surface area (TPSA) is 12.0 Å². The number of hydrogen-bond acceptors (Lipinski definition) is 1. The molecule has 0 rings (SSSR count). The maximum atomic E-state index is 3.50. The molecule has 1 radical (unpaired) electrons. The Kier molecular flexibility index (Phi) is 4.98. The molecule has 1 heteroatoms. The highest BCUT2D eigenvalue weighted by molar-refractivity contribution is 5.05. The predicted molar refractivity (Wildman–Crippen MR) is 60.7 cm³/mol. The van der Waals surface area contributed by atoms with Gasteiger partial charge >= 0.3 is 0 Å². The van der Waals surface area contributed by atoms with Crippen molar-refractivity contribution in [2.24, 2.45) is 11.3 Å². The van der Waals surface area contributed by atoms with Gasteiger partial charge in [-0.05, 0) is 17.3 Å². The van der Waals surface area contributed by atoms with Gasteiger partial charge < -0.3 is 5.32 Å². The minimum Gasteiger partial charge on any atom is -0.314 e. The summed E-state index contributed by atoms with van der Waals surface area (Å²) in [5, 5.41) is 3.50. The molecule has 0 aromatic rings. The smallest absolute Gasteiger partial charge is 0.00238 e. The van der Waals surface area contributed by atoms with Gasteiger partial charge in [-0.3, -0.25) is 0 Å². The summed E-state index contributed by atoms with van der Waals surface area (Å²) in [5.41, 5.74) is 0.329. The SMILES string of the molecule is CC(C)NC[C](C(C)C)C(C)(C)C. The number of rotatable bonds is 4. The maximum Gasteiger partial charge on any atom is 0.00238 e. The summed E-state index contributed by atoms with van der Waals surface area (Å²) in [7, 11) is 0. The fourth-order valence-corrected chi connectivity index (χ4v) is 1.65. The molecule has 0 aliphatic rings. The average Bonchev–Trinajstić information content (AvgIpc) is 1.81. The molecule has 0 saturated heterocycles. The zero-order valence-electron chi connectivity index (χ0n) is 10.4. The lowest BCUT2D eigenvalue weighted by Crippen LogP contribution is -2.36. The number of nitrogens with one attached hydrogen (secondary N) is 1. The van der Waals surface area contributed by atoms with Crippen LogP contribution < -0.4 is 5.32 Å². The van der Waals surface area contributed by atoms with Gasteiger partial charge in [-0.25, -0.2) is 0 Å². The first-order valence-electron chi connectivity index (χ1n) is 5.34. The summed E-state index contributed by atoms with van der Waals surface area (Å²) in [6.45, 7) is 16.9. The molecule has 0 unspecified atom stereocenters. The third kappa shape index (κ3) is 5.30. The normalized spacial score (nSPS) is 13.4. The van der Waals surface area contributed by atoms with Crippen LogP contribution in [0.3, 0.4) is 0 Å². The van der Waals surface area contributed by atoms with Gasteiger partial charge in [0.15, 0.2) is 0 Å². The van der Waals surface area contributed by atoms with E-state index in [0.717, 1.165) is 6.54 Å². The van der Waals surface area contributed by atoms with Gasteiger partial charge in [0.1, 0.15) is 0 Å². The zero-order chi connectivity index (χ0) is 10.6. The predicted octanol–water partition coefficient (Wildman–Crippen LogP) is 3.26. The lowest BCUT2D eigenvalue weighted by molar-refractivity contribution is 0.339. The quantitative estimate of drug-likeness (QED) is 0.707. The van der Waals surface area contributed by atoms with Crippen molar-refractivity contribution < 1.29 is 0 Å². The van der Waals surface area contributed by atoms with E-state index >= 15 is 0 Å². The molecule has 79 valence electrons. The van der Waals surface area contributed by atoms with Crippen molar-refractivity contribution in [1.29, 1.82) is 0 Å². The van der Waals surface area contributed by atoms with Crippen LogP contribution in [0.5, 0.6) is 0 Å². The third-order valence-corrected chi connectivity index (χ3v) is 2.36. The van der Waals surface area contributed by atoms with E-state index in [1.54, 1.807) is 5.92 Å². The van der Waals surface area contributed by atoms with Crippen LogP contribution in [0.4, 0.5) is 0 Å². The third-order valence-electron chi connectivity index (χ3n) is 2.36. The molecule has 0 atom stereocenters. The molecule has 0 saturated carbocycles. The summed E-state index contributed by atoms with van der Waals surface area (Å²) in [6.07, 6.45) is 0. The average molecular weight is 184 g/mol. The Hall–Kier alpha value is -0.0400. The molecule has 0 bridgehead atoms. The molecule has 1 nitrogen and oxygen atoms in total. The van der Waals surface area contributed by atoms with Crippen LogP contribution in [0.1, 0.15) is 48.5 Å². The van der Waals surface area contributed by atoms with E-state index < -0.39 is 0 Å². The summed E-state index contributed by atoms with van der Waals surface area (Å²) in [6, 6.07) is 0.580. The first-order chi connectivity index (χ1) is 5.75. The fourth-order valence-electron chi connectivity index (χ4n) is 1.65. The molecule has 0 aliphatic carbocycles. The highest BCUT2D eigenvalue weighted by atomic mass is 14.9. The molecule has 0 aromatic heterocycles. The van der Waals surface area contributed by atoms with Crippen LogP contribution in [0.2, 0.25) is 0 Å². The summed E-state index contributed by atoms with van der Waals surface area (Å²) in [5.74, 6) is 2.28. The van der Waals surface area contributed by atoms with Gasteiger partial charge in [0.2, 0.25) is 0 Å². The van der Waals surface area contributed by atoms with Gasteiger partial charge in [0, 0.05) is 12.6 Å². The second-order valence-corrected chi connectivity index (χ2v) is 5.47. The summed E-state index contributed by atoms with van der Waals surface area (Å²) >= 11 is 0. The Morgan fingerprint density at radius 1 is 1.08 bits per heavy atom. The zero-order valence-corrected chi connectivity index (χ0v) is 10.4. The van der Waals surface area contributed by atoms with Crippen LogP contribution in [0.25, 0.3) is 0 Å². The fraction of sp³-hybridized carbons (Fsp3) is 0.917. The van der Waals surface area contributed by atoms with Gasteiger partial charge in [-0.2, -0.15) is 0 Å². The monoisotopic (exact) mass is 184 g/mol. The molecule has 0 fully saturated rings. The molecule has 0 amide bonds. The van der Waals surface area contributed by atoms with Gasteiger partial charge in [-0.15, -0.1) is 0 Å². The summed E-state index contributed by atoms with van der Waals surface area (Å²) < 4.78 is 0. The largest absolute Gasteiger partial charge is 0.314 e. The van der Waals surface area contributed by atoms with Gasteiger partial charge in [-0.1, -0.05) is 48.5 Å². The summed E-state index contributed by atoms with van der Waals surface area (Å²) in [4.78, 5) is 0. The molecule has 0 aromatic carbocycles. The van der Waals surface area contributed by atoms with Gasteiger partial charge in [0.25, 0.3) is 0 Å². The molecular formula is C12H26N. The minimum atomic E-state index is 0.329. The lowest BCUT2D eigenvalue weighted by atomic mass is 9.74. The molecule has 0 spiro atoms. The molecule has 13 heavy (non-hydrogen) atoms. The minimum absolute atomic E-state index is 0.329. The van der Waals surface area contributed by atoms with Crippen LogP contribution in [0, 0.1) is 17.3 Å². The Bertz CT molecular complexity index is 131. The molecule has 0 heterocycles. The molecule has 0 aliphatic heterocycles. The van der Waals surface area contributed by atoms with Crippen LogP contribution in [-0.2, 0) is 0 Å². The molecular weight excluding hydrogens is 158 g/mol. The van der Waals surface area contributed by atoms with Crippen molar-refractivity contribution >= 4 is 0 Å². The van der Waals surface area contributed by atoms with Crippen molar-refractivity contribution in [3.63, 3.8) is 0 Å². The van der Waals surface area contributed by atoms with E-state index in [1.807, 2.05) is 0 Å². The van der Waals surface area contributed by atoms with Crippen LogP contribution in [-0.4, -0.2) is 12.6 Å². The van der Waals surface area contributed by atoms with Crippen LogP contribution in [0.15, 0.2) is 0 Å². The van der Waals surface area contributed by atoms with Crippen LogP contribution >= 0.6 is 0 Å². The number of hydrogen-bond donors (Lipinski definition) is 1. The standard InChI is InChI=1S/C12H26N/c1-9(2)11(12(5,6)7)8-13-10(3)4/h9-10,13H,8H2,1-7H3. The van der Waals surface area contributed by atoms with E-state index in [1.165, 1.54) is 0 Å². The Morgan fingerprint density at radius 2 is 1.54 bits per heavy atom. The van der Waals surface area contributed by atoms with Crippen molar-refractivity contribution in [2.45, 2.75) is 54.5 Å². The Labute approximate surface area is 84.3 Å². The van der Waals surface area contributed by atoms with E-state index in [4.69, 9.17) is 0 Å². The van der Waals surface area contributed by atoms with Crippen molar-refractivity contribution in [3.05, 3.63) is 5.92 Å². The Balaban J connectivity index is 4.12. The lowest BCUT2D eigenvalue weighted by Gasteiger charge is -2.34. The van der Waals surface area contributed by atoms with E-state index in [9.17, 15) is 0 Å². The van der Waals surface area contributed by atoms with E-state index in [2.05, 4.69) is 53.8 Å². The first kappa shape index (κ1) is 13.0.